The van der Waals surface area contributed by atoms with Crippen LogP contribution in [0, 0.1) is 6.92 Å². The van der Waals surface area contributed by atoms with Crippen LogP contribution in [0.3, 0.4) is 0 Å². The molecule has 0 atom stereocenters. The average molecular weight is 281 g/mol. The first-order valence-electron chi connectivity index (χ1n) is 6.40. The van der Waals surface area contributed by atoms with Crippen molar-refractivity contribution in [2.24, 2.45) is 0 Å². The first kappa shape index (κ1) is 12.8. The van der Waals surface area contributed by atoms with Crippen molar-refractivity contribution < 1.29 is 0 Å². The Bertz CT molecular complexity index is 739. The number of rotatable bonds is 2. The highest BCUT2D eigenvalue weighted by Gasteiger charge is 2.08. The van der Waals surface area contributed by atoms with Gasteiger partial charge in [-0.05, 0) is 12.5 Å². The fraction of sp³-hybridized carbons (Fsp3) is 0.0588. The minimum atomic E-state index is 0.456. The Hall–Kier alpha value is -2.19. The van der Waals surface area contributed by atoms with Crippen LogP contribution in [0.4, 0.5) is 0 Å². The summed E-state index contributed by atoms with van der Waals surface area (Å²) in [6.07, 6.45) is 0. The molecule has 1 aromatic heterocycles. The lowest BCUT2D eigenvalue weighted by atomic mass is 10.1. The van der Waals surface area contributed by atoms with Crippen molar-refractivity contribution in [3.63, 3.8) is 0 Å². The van der Waals surface area contributed by atoms with Crippen LogP contribution in [0.5, 0.6) is 0 Å². The van der Waals surface area contributed by atoms with Gasteiger partial charge in [0.2, 0.25) is 0 Å². The van der Waals surface area contributed by atoms with Crippen LogP contribution in [0.2, 0.25) is 5.15 Å². The van der Waals surface area contributed by atoms with Crippen molar-refractivity contribution in [2.75, 3.05) is 0 Å². The number of nitrogens with zero attached hydrogens (tertiary/aromatic N) is 2. The second-order valence-electron chi connectivity index (χ2n) is 4.58. The van der Waals surface area contributed by atoms with Gasteiger partial charge in [0.05, 0.1) is 5.69 Å². The minimum Gasteiger partial charge on any atom is -0.228 e. The lowest BCUT2D eigenvalue weighted by Crippen LogP contribution is -1.94. The topological polar surface area (TPSA) is 25.8 Å². The normalized spacial score (nSPS) is 10.5. The molecule has 0 aliphatic rings. The van der Waals surface area contributed by atoms with Gasteiger partial charge in [0, 0.05) is 17.2 Å². The Morgan fingerprint density at radius 3 is 2.30 bits per heavy atom. The molecule has 20 heavy (non-hydrogen) atoms. The summed E-state index contributed by atoms with van der Waals surface area (Å²) >= 11 is 6.15. The molecule has 0 N–H and O–H groups in total. The van der Waals surface area contributed by atoms with Gasteiger partial charge < -0.3 is 0 Å². The van der Waals surface area contributed by atoms with Gasteiger partial charge in [-0.3, -0.25) is 0 Å². The zero-order valence-corrected chi connectivity index (χ0v) is 11.8. The highest BCUT2D eigenvalue weighted by atomic mass is 35.5. The Morgan fingerprint density at radius 1 is 0.850 bits per heavy atom. The van der Waals surface area contributed by atoms with Gasteiger partial charge in [-0.15, -0.1) is 0 Å². The summed E-state index contributed by atoms with van der Waals surface area (Å²) in [6, 6.07) is 19.8. The van der Waals surface area contributed by atoms with Gasteiger partial charge in [-0.25, -0.2) is 9.97 Å². The monoisotopic (exact) mass is 280 g/mol. The quantitative estimate of drug-likeness (QED) is 0.632. The highest BCUT2D eigenvalue weighted by molar-refractivity contribution is 6.29. The molecule has 3 rings (SSSR count). The second-order valence-corrected chi connectivity index (χ2v) is 4.97. The predicted molar refractivity (Wildman–Crippen MR) is 82.7 cm³/mol. The van der Waals surface area contributed by atoms with Gasteiger partial charge >= 0.3 is 0 Å². The van der Waals surface area contributed by atoms with E-state index in [0.29, 0.717) is 11.0 Å². The average Bonchev–Trinajstić information content (AvgIpc) is 2.48. The molecular weight excluding hydrogens is 268 g/mol. The van der Waals surface area contributed by atoms with E-state index < -0.39 is 0 Å². The third kappa shape index (κ3) is 2.56. The van der Waals surface area contributed by atoms with Gasteiger partial charge in [-0.2, -0.15) is 0 Å². The van der Waals surface area contributed by atoms with Crippen LogP contribution < -0.4 is 0 Å². The molecule has 0 spiro atoms. The van der Waals surface area contributed by atoms with Crippen molar-refractivity contribution in [1.29, 1.82) is 0 Å². The molecule has 3 heteroatoms. The van der Waals surface area contributed by atoms with Crippen molar-refractivity contribution in [1.82, 2.24) is 9.97 Å². The van der Waals surface area contributed by atoms with Crippen LogP contribution in [0.1, 0.15) is 5.56 Å². The van der Waals surface area contributed by atoms with Gasteiger partial charge in [0.1, 0.15) is 5.15 Å². The molecule has 0 amide bonds. The lowest BCUT2D eigenvalue weighted by Gasteiger charge is -2.07. The van der Waals surface area contributed by atoms with Crippen LogP contribution >= 0.6 is 11.6 Å². The number of aryl methyl sites for hydroxylation is 1. The zero-order chi connectivity index (χ0) is 13.9. The van der Waals surface area contributed by atoms with Crippen molar-refractivity contribution >= 4 is 11.6 Å². The maximum atomic E-state index is 6.15. The standard InChI is InChI=1S/C17H13ClN2/c1-12-7-5-6-10-14(12)15-11-16(18)20-17(19-15)13-8-3-2-4-9-13/h2-11H,1H3. The highest BCUT2D eigenvalue weighted by Crippen LogP contribution is 2.26. The molecule has 0 aliphatic carbocycles. The summed E-state index contributed by atoms with van der Waals surface area (Å²) in [5.74, 6) is 0.649. The summed E-state index contributed by atoms with van der Waals surface area (Å²) in [4.78, 5) is 8.95. The number of benzene rings is 2. The number of halogens is 1. The summed E-state index contributed by atoms with van der Waals surface area (Å²) in [6.45, 7) is 2.06. The summed E-state index contributed by atoms with van der Waals surface area (Å²) in [5.41, 5.74) is 4.06. The summed E-state index contributed by atoms with van der Waals surface area (Å²) in [5, 5.41) is 0.456. The molecule has 0 saturated heterocycles. The Labute approximate surface area is 123 Å². The lowest BCUT2D eigenvalue weighted by molar-refractivity contribution is 1.18. The molecular formula is C17H13ClN2. The smallest absolute Gasteiger partial charge is 0.161 e. The van der Waals surface area contributed by atoms with Crippen molar-refractivity contribution in [3.05, 3.63) is 71.4 Å². The van der Waals surface area contributed by atoms with Crippen LogP contribution in [0.15, 0.2) is 60.7 Å². The summed E-state index contributed by atoms with van der Waals surface area (Å²) < 4.78 is 0. The first-order chi connectivity index (χ1) is 9.74. The SMILES string of the molecule is Cc1ccccc1-c1cc(Cl)nc(-c2ccccc2)n1. The number of hydrogen-bond acceptors (Lipinski definition) is 2. The predicted octanol–water partition coefficient (Wildman–Crippen LogP) is 4.77. The molecule has 98 valence electrons. The van der Waals surface area contributed by atoms with E-state index in [1.807, 2.05) is 48.5 Å². The first-order valence-corrected chi connectivity index (χ1v) is 6.78. The van der Waals surface area contributed by atoms with E-state index in [1.54, 1.807) is 6.07 Å². The molecule has 0 radical (unpaired) electrons. The van der Waals surface area contributed by atoms with Crippen molar-refractivity contribution in [3.8, 4) is 22.6 Å². The molecule has 0 unspecified atom stereocenters. The molecule has 0 fully saturated rings. The van der Waals surface area contributed by atoms with E-state index in [1.165, 1.54) is 5.56 Å². The number of aromatic nitrogens is 2. The van der Waals surface area contributed by atoms with Gasteiger partial charge in [-0.1, -0.05) is 66.2 Å². The molecule has 0 bridgehead atoms. The van der Waals surface area contributed by atoms with E-state index >= 15 is 0 Å². The second kappa shape index (κ2) is 5.43. The molecule has 2 nitrogen and oxygen atoms in total. The third-order valence-electron chi connectivity index (χ3n) is 3.15. The van der Waals surface area contributed by atoms with Gasteiger partial charge in [0.25, 0.3) is 0 Å². The molecule has 2 aromatic carbocycles. The molecule has 0 aliphatic heterocycles. The summed E-state index contributed by atoms with van der Waals surface area (Å²) in [7, 11) is 0. The maximum absolute atomic E-state index is 6.15. The third-order valence-corrected chi connectivity index (χ3v) is 3.34. The Balaban J connectivity index is 2.15. The molecule has 3 aromatic rings. The van der Waals surface area contributed by atoms with Crippen LogP contribution in [0.25, 0.3) is 22.6 Å². The van der Waals surface area contributed by atoms with E-state index in [-0.39, 0.29) is 0 Å². The van der Waals surface area contributed by atoms with Crippen LogP contribution in [-0.4, -0.2) is 9.97 Å². The van der Waals surface area contributed by atoms with Crippen molar-refractivity contribution in [2.45, 2.75) is 6.92 Å². The zero-order valence-electron chi connectivity index (χ0n) is 11.0. The maximum Gasteiger partial charge on any atom is 0.161 e. The molecule has 0 saturated carbocycles. The minimum absolute atomic E-state index is 0.456. The van der Waals surface area contributed by atoms with E-state index in [9.17, 15) is 0 Å². The van der Waals surface area contributed by atoms with E-state index in [4.69, 9.17) is 11.6 Å². The largest absolute Gasteiger partial charge is 0.228 e. The fourth-order valence-electron chi connectivity index (χ4n) is 2.13. The Kier molecular flexibility index (Phi) is 3.48. The van der Waals surface area contributed by atoms with E-state index in [2.05, 4.69) is 23.0 Å². The van der Waals surface area contributed by atoms with Gasteiger partial charge in [0.15, 0.2) is 5.82 Å². The number of hydrogen-bond donors (Lipinski definition) is 0. The fourth-order valence-corrected chi connectivity index (χ4v) is 2.32. The van der Waals surface area contributed by atoms with Crippen LogP contribution in [-0.2, 0) is 0 Å². The molecule has 1 heterocycles. The van der Waals surface area contributed by atoms with E-state index in [0.717, 1.165) is 16.8 Å². The Morgan fingerprint density at radius 2 is 1.55 bits per heavy atom.